The van der Waals surface area contributed by atoms with Crippen molar-refractivity contribution >= 4 is 17.5 Å². The second-order valence-corrected chi connectivity index (χ2v) is 7.14. The third-order valence-electron chi connectivity index (χ3n) is 5.17. The number of carbonyl (C=O) groups is 1. The summed E-state index contributed by atoms with van der Waals surface area (Å²) < 4.78 is 1.89. The summed E-state index contributed by atoms with van der Waals surface area (Å²) in [4.78, 5) is 14.6. The lowest BCUT2D eigenvalue weighted by atomic mass is 9.96. The molecule has 1 aliphatic carbocycles. The van der Waals surface area contributed by atoms with Crippen molar-refractivity contribution in [3.63, 3.8) is 0 Å². The molecule has 0 unspecified atom stereocenters. The van der Waals surface area contributed by atoms with E-state index >= 15 is 0 Å². The summed E-state index contributed by atoms with van der Waals surface area (Å²) in [5, 5.41) is 9.14. The number of amides is 1. The fraction of sp³-hybridized carbons (Fsp3) is 0.500. The number of benzene rings is 1. The SMILES string of the molecule is O=C(c1cn(C2CCCCC2)nn1)N1CCc2c(Cl)cccc2C1. The molecule has 2 aliphatic rings. The van der Waals surface area contributed by atoms with E-state index in [4.69, 9.17) is 11.6 Å². The van der Waals surface area contributed by atoms with Crippen molar-refractivity contribution in [1.29, 1.82) is 0 Å². The van der Waals surface area contributed by atoms with Crippen LogP contribution < -0.4 is 0 Å². The van der Waals surface area contributed by atoms with E-state index in [0.29, 0.717) is 24.8 Å². The quantitative estimate of drug-likeness (QED) is 0.835. The average molecular weight is 345 g/mol. The normalized spacial score (nSPS) is 18.5. The van der Waals surface area contributed by atoms with E-state index in [0.717, 1.165) is 35.4 Å². The number of halogens is 1. The first-order valence-electron chi connectivity index (χ1n) is 8.70. The van der Waals surface area contributed by atoms with Crippen molar-refractivity contribution in [2.75, 3.05) is 6.54 Å². The Morgan fingerprint density at radius 2 is 2.04 bits per heavy atom. The highest BCUT2D eigenvalue weighted by atomic mass is 35.5. The number of hydrogen-bond donors (Lipinski definition) is 0. The summed E-state index contributed by atoms with van der Waals surface area (Å²) in [7, 11) is 0. The molecule has 1 aliphatic heterocycles. The lowest BCUT2D eigenvalue weighted by molar-refractivity contribution is 0.0728. The second-order valence-electron chi connectivity index (χ2n) is 6.73. The summed E-state index contributed by atoms with van der Waals surface area (Å²) in [6.07, 6.45) is 8.64. The van der Waals surface area contributed by atoms with Gasteiger partial charge in [0.25, 0.3) is 5.91 Å². The first-order valence-corrected chi connectivity index (χ1v) is 9.07. The summed E-state index contributed by atoms with van der Waals surface area (Å²) in [5.41, 5.74) is 2.74. The smallest absolute Gasteiger partial charge is 0.276 e. The third-order valence-corrected chi connectivity index (χ3v) is 5.53. The predicted octanol–water partition coefficient (Wildman–Crippen LogP) is 3.64. The van der Waals surface area contributed by atoms with E-state index in [2.05, 4.69) is 10.3 Å². The van der Waals surface area contributed by atoms with Crippen molar-refractivity contribution in [2.45, 2.75) is 51.1 Å². The molecule has 24 heavy (non-hydrogen) atoms. The average Bonchev–Trinajstić information content (AvgIpc) is 3.12. The molecule has 2 heterocycles. The van der Waals surface area contributed by atoms with Crippen LogP contribution in [0.15, 0.2) is 24.4 Å². The van der Waals surface area contributed by atoms with E-state index in [1.54, 1.807) is 0 Å². The summed E-state index contributed by atoms with van der Waals surface area (Å²) >= 11 is 6.25. The molecule has 6 heteroatoms. The number of rotatable bonds is 2. The topological polar surface area (TPSA) is 51.0 Å². The Bertz CT molecular complexity index is 751. The summed E-state index contributed by atoms with van der Waals surface area (Å²) in [5.74, 6) is -0.0392. The van der Waals surface area contributed by atoms with E-state index < -0.39 is 0 Å². The van der Waals surface area contributed by atoms with Crippen LogP contribution in [0.3, 0.4) is 0 Å². The Balaban J connectivity index is 1.49. The van der Waals surface area contributed by atoms with Crippen LogP contribution in [0.25, 0.3) is 0 Å². The molecule has 126 valence electrons. The van der Waals surface area contributed by atoms with Crippen molar-refractivity contribution in [1.82, 2.24) is 19.9 Å². The zero-order chi connectivity index (χ0) is 16.5. The van der Waals surface area contributed by atoms with Gasteiger partial charge in [0.1, 0.15) is 0 Å². The zero-order valence-corrected chi connectivity index (χ0v) is 14.4. The minimum Gasteiger partial charge on any atom is -0.333 e. The largest absolute Gasteiger partial charge is 0.333 e. The zero-order valence-electron chi connectivity index (χ0n) is 13.6. The molecule has 0 spiro atoms. The highest BCUT2D eigenvalue weighted by Gasteiger charge is 2.26. The van der Waals surface area contributed by atoms with E-state index in [1.807, 2.05) is 34.0 Å². The minimum absolute atomic E-state index is 0.0392. The maximum absolute atomic E-state index is 12.8. The Hall–Kier alpha value is -1.88. The van der Waals surface area contributed by atoms with Crippen LogP contribution in [0, 0.1) is 0 Å². The van der Waals surface area contributed by atoms with Gasteiger partial charge in [0, 0.05) is 18.1 Å². The highest BCUT2D eigenvalue weighted by molar-refractivity contribution is 6.31. The molecule has 0 radical (unpaired) electrons. The molecule has 0 bridgehead atoms. The Morgan fingerprint density at radius 3 is 2.88 bits per heavy atom. The van der Waals surface area contributed by atoms with Crippen molar-refractivity contribution in [2.24, 2.45) is 0 Å². The van der Waals surface area contributed by atoms with E-state index in [-0.39, 0.29) is 5.91 Å². The Labute approximate surface area is 146 Å². The van der Waals surface area contributed by atoms with Gasteiger partial charge in [-0.25, -0.2) is 4.68 Å². The number of aromatic nitrogens is 3. The molecule has 1 aromatic heterocycles. The van der Waals surface area contributed by atoms with Crippen LogP contribution in [0.1, 0.15) is 59.8 Å². The lowest BCUT2D eigenvalue weighted by Gasteiger charge is -2.28. The highest BCUT2D eigenvalue weighted by Crippen LogP contribution is 2.28. The standard InChI is InChI=1S/C18H21ClN4O/c19-16-8-4-5-13-11-22(10-9-15(13)16)18(24)17-12-23(21-20-17)14-6-2-1-3-7-14/h4-5,8,12,14H,1-3,6-7,9-11H2. The van der Waals surface area contributed by atoms with Gasteiger partial charge in [-0.3, -0.25) is 4.79 Å². The third kappa shape index (κ3) is 2.93. The van der Waals surface area contributed by atoms with Gasteiger partial charge in [0.05, 0.1) is 12.2 Å². The first-order chi connectivity index (χ1) is 11.7. The molecule has 1 saturated carbocycles. The molecule has 4 rings (SSSR count). The van der Waals surface area contributed by atoms with Gasteiger partial charge < -0.3 is 4.90 Å². The molecule has 1 fully saturated rings. The monoisotopic (exact) mass is 344 g/mol. The fourth-order valence-electron chi connectivity index (χ4n) is 3.80. The van der Waals surface area contributed by atoms with Gasteiger partial charge in [-0.05, 0) is 36.5 Å². The molecular weight excluding hydrogens is 324 g/mol. The molecule has 1 aromatic carbocycles. The number of nitrogens with zero attached hydrogens (tertiary/aromatic N) is 4. The molecule has 0 N–H and O–H groups in total. The van der Waals surface area contributed by atoms with Crippen LogP contribution in [0.5, 0.6) is 0 Å². The van der Waals surface area contributed by atoms with Gasteiger partial charge in [-0.15, -0.1) is 5.10 Å². The Kier molecular flexibility index (Phi) is 4.27. The van der Waals surface area contributed by atoms with Crippen LogP contribution in [-0.2, 0) is 13.0 Å². The van der Waals surface area contributed by atoms with E-state index in [1.165, 1.54) is 19.3 Å². The van der Waals surface area contributed by atoms with Crippen molar-refractivity contribution < 1.29 is 4.79 Å². The molecule has 0 atom stereocenters. The molecule has 5 nitrogen and oxygen atoms in total. The van der Waals surface area contributed by atoms with Gasteiger partial charge in [0.2, 0.25) is 0 Å². The number of hydrogen-bond acceptors (Lipinski definition) is 3. The number of carbonyl (C=O) groups excluding carboxylic acids is 1. The first kappa shape index (κ1) is 15.6. The van der Waals surface area contributed by atoms with Gasteiger partial charge in [-0.1, -0.05) is 48.2 Å². The predicted molar refractivity (Wildman–Crippen MR) is 92.0 cm³/mol. The summed E-state index contributed by atoms with van der Waals surface area (Å²) in [6, 6.07) is 6.29. The Morgan fingerprint density at radius 1 is 1.21 bits per heavy atom. The van der Waals surface area contributed by atoms with Gasteiger partial charge >= 0.3 is 0 Å². The van der Waals surface area contributed by atoms with Gasteiger partial charge in [0.15, 0.2) is 5.69 Å². The lowest BCUT2D eigenvalue weighted by Crippen LogP contribution is -2.36. The van der Waals surface area contributed by atoms with Crippen molar-refractivity contribution in [3.05, 3.63) is 46.2 Å². The molecule has 2 aromatic rings. The molecular formula is C18H21ClN4O. The second kappa shape index (κ2) is 6.55. The minimum atomic E-state index is -0.0392. The maximum atomic E-state index is 12.8. The van der Waals surface area contributed by atoms with E-state index in [9.17, 15) is 4.79 Å². The maximum Gasteiger partial charge on any atom is 0.276 e. The molecule has 0 saturated heterocycles. The van der Waals surface area contributed by atoms with Crippen LogP contribution >= 0.6 is 11.6 Å². The van der Waals surface area contributed by atoms with Crippen LogP contribution in [0.4, 0.5) is 0 Å². The fourth-order valence-corrected chi connectivity index (χ4v) is 4.09. The van der Waals surface area contributed by atoms with Gasteiger partial charge in [-0.2, -0.15) is 0 Å². The van der Waals surface area contributed by atoms with Crippen molar-refractivity contribution in [3.8, 4) is 0 Å². The van der Waals surface area contributed by atoms with Crippen LogP contribution in [0.2, 0.25) is 5.02 Å². The van der Waals surface area contributed by atoms with Crippen LogP contribution in [-0.4, -0.2) is 32.3 Å². The summed E-state index contributed by atoms with van der Waals surface area (Å²) in [6.45, 7) is 1.26. The number of fused-ring (bicyclic) bond motifs is 1. The molecule has 1 amide bonds.